The van der Waals surface area contributed by atoms with E-state index in [4.69, 9.17) is 0 Å². The number of carbonyl (C=O) groups is 2. The molecule has 2 amide bonds. The van der Waals surface area contributed by atoms with Crippen LogP contribution in [0.4, 0.5) is 5.82 Å². The normalized spacial score (nSPS) is 16.8. The van der Waals surface area contributed by atoms with E-state index in [0.29, 0.717) is 24.4 Å². The molecule has 102 valence electrons. The van der Waals surface area contributed by atoms with Gasteiger partial charge >= 0.3 is 0 Å². The zero-order valence-electron chi connectivity index (χ0n) is 11.2. The Kier molecular flexibility index (Phi) is 4.09. The summed E-state index contributed by atoms with van der Waals surface area (Å²) in [6.07, 6.45) is 4.06. The second-order valence-corrected chi connectivity index (χ2v) is 4.81. The molecule has 0 aromatic carbocycles. The minimum Gasteiger partial charge on any atom is -0.369 e. The van der Waals surface area contributed by atoms with Crippen molar-refractivity contribution >= 4 is 17.6 Å². The summed E-state index contributed by atoms with van der Waals surface area (Å²) in [4.78, 5) is 33.3. The van der Waals surface area contributed by atoms with Gasteiger partial charge in [-0.05, 0) is 12.8 Å². The molecule has 2 heterocycles. The van der Waals surface area contributed by atoms with Crippen molar-refractivity contribution in [1.29, 1.82) is 0 Å². The standard InChI is InChI=1S/C13H18N4O2/c1-3-14-11-7-15-10(6-16-11)8-17-12(18)4-9(2)5-13(17)19/h6-7,9H,3-5,8H2,1-2H3,(H,14,16). The fourth-order valence-corrected chi connectivity index (χ4v) is 2.08. The second kappa shape index (κ2) is 5.77. The lowest BCUT2D eigenvalue weighted by Gasteiger charge is -2.27. The average molecular weight is 262 g/mol. The SMILES string of the molecule is CCNc1cnc(CN2C(=O)CC(C)CC2=O)cn1. The first-order valence-electron chi connectivity index (χ1n) is 6.48. The van der Waals surface area contributed by atoms with Crippen LogP contribution >= 0.6 is 0 Å². The zero-order valence-corrected chi connectivity index (χ0v) is 11.2. The van der Waals surface area contributed by atoms with E-state index in [2.05, 4.69) is 15.3 Å². The Morgan fingerprint density at radius 2 is 1.95 bits per heavy atom. The van der Waals surface area contributed by atoms with E-state index >= 15 is 0 Å². The predicted octanol–water partition coefficient (Wildman–Crippen LogP) is 1.19. The van der Waals surface area contributed by atoms with Gasteiger partial charge in [-0.25, -0.2) is 4.98 Å². The molecule has 1 aromatic rings. The second-order valence-electron chi connectivity index (χ2n) is 4.81. The molecule has 1 N–H and O–H groups in total. The summed E-state index contributed by atoms with van der Waals surface area (Å²) >= 11 is 0. The van der Waals surface area contributed by atoms with Crippen molar-refractivity contribution in [2.24, 2.45) is 5.92 Å². The molecule has 0 saturated carbocycles. The minimum absolute atomic E-state index is 0.124. The lowest BCUT2D eigenvalue weighted by atomic mass is 9.98. The summed E-state index contributed by atoms with van der Waals surface area (Å²) in [5.74, 6) is 0.581. The highest BCUT2D eigenvalue weighted by atomic mass is 16.2. The molecule has 1 fully saturated rings. The van der Waals surface area contributed by atoms with Gasteiger partial charge in [0, 0.05) is 19.4 Å². The first kappa shape index (κ1) is 13.5. The number of imide groups is 1. The van der Waals surface area contributed by atoms with E-state index < -0.39 is 0 Å². The van der Waals surface area contributed by atoms with Crippen LogP contribution in [0.15, 0.2) is 12.4 Å². The maximum atomic E-state index is 11.8. The third-order valence-corrected chi connectivity index (χ3v) is 3.03. The Balaban J connectivity index is 2.03. The van der Waals surface area contributed by atoms with Crippen molar-refractivity contribution in [3.63, 3.8) is 0 Å². The van der Waals surface area contributed by atoms with E-state index in [1.54, 1.807) is 12.4 Å². The van der Waals surface area contributed by atoms with Crippen molar-refractivity contribution in [2.45, 2.75) is 33.2 Å². The van der Waals surface area contributed by atoms with Crippen LogP contribution in [0.1, 0.15) is 32.4 Å². The molecule has 19 heavy (non-hydrogen) atoms. The first-order valence-corrected chi connectivity index (χ1v) is 6.48. The number of carbonyl (C=O) groups excluding carboxylic acids is 2. The van der Waals surface area contributed by atoms with Gasteiger partial charge in [0.2, 0.25) is 11.8 Å². The van der Waals surface area contributed by atoms with Gasteiger partial charge in [-0.1, -0.05) is 6.92 Å². The zero-order chi connectivity index (χ0) is 13.8. The van der Waals surface area contributed by atoms with Crippen LogP contribution in [0.2, 0.25) is 0 Å². The molecule has 0 radical (unpaired) electrons. The van der Waals surface area contributed by atoms with Crippen LogP contribution in [0.5, 0.6) is 0 Å². The van der Waals surface area contributed by atoms with E-state index in [1.807, 2.05) is 13.8 Å². The summed E-state index contributed by atoms with van der Waals surface area (Å²) < 4.78 is 0. The quantitative estimate of drug-likeness (QED) is 0.825. The fraction of sp³-hybridized carbons (Fsp3) is 0.538. The number of hydrogen-bond donors (Lipinski definition) is 1. The molecule has 1 aliphatic heterocycles. The van der Waals surface area contributed by atoms with Crippen LogP contribution < -0.4 is 5.32 Å². The molecule has 0 atom stereocenters. The Bertz CT molecular complexity index is 454. The molecule has 6 nitrogen and oxygen atoms in total. The third-order valence-electron chi connectivity index (χ3n) is 3.03. The molecule has 0 unspecified atom stereocenters. The summed E-state index contributed by atoms with van der Waals surface area (Å²) in [7, 11) is 0. The van der Waals surface area contributed by atoms with Gasteiger partial charge in [0.05, 0.1) is 24.6 Å². The van der Waals surface area contributed by atoms with E-state index in [1.165, 1.54) is 4.90 Å². The van der Waals surface area contributed by atoms with Gasteiger partial charge in [-0.15, -0.1) is 0 Å². The van der Waals surface area contributed by atoms with E-state index in [9.17, 15) is 9.59 Å². The molecule has 6 heteroatoms. The maximum Gasteiger partial charge on any atom is 0.229 e. The van der Waals surface area contributed by atoms with Gasteiger partial charge in [0.25, 0.3) is 0 Å². The number of amides is 2. The molecular formula is C13H18N4O2. The van der Waals surface area contributed by atoms with Gasteiger partial charge in [0.15, 0.2) is 0 Å². The van der Waals surface area contributed by atoms with Crippen LogP contribution in [-0.2, 0) is 16.1 Å². The maximum absolute atomic E-state index is 11.8. The first-order chi connectivity index (χ1) is 9.10. The van der Waals surface area contributed by atoms with Crippen molar-refractivity contribution in [3.05, 3.63) is 18.1 Å². The highest BCUT2D eigenvalue weighted by Crippen LogP contribution is 2.20. The number of anilines is 1. The molecule has 1 aliphatic rings. The summed E-state index contributed by atoms with van der Waals surface area (Å²) in [6.45, 7) is 4.87. The minimum atomic E-state index is -0.124. The summed E-state index contributed by atoms with van der Waals surface area (Å²) in [6, 6.07) is 0. The largest absolute Gasteiger partial charge is 0.369 e. The number of piperidine rings is 1. The molecular weight excluding hydrogens is 244 g/mol. The molecule has 1 saturated heterocycles. The van der Waals surface area contributed by atoms with Crippen LogP contribution in [0.3, 0.4) is 0 Å². The van der Waals surface area contributed by atoms with Gasteiger partial charge in [-0.2, -0.15) is 0 Å². The van der Waals surface area contributed by atoms with Gasteiger partial charge in [-0.3, -0.25) is 19.5 Å². The number of aromatic nitrogens is 2. The molecule has 0 bridgehead atoms. The third kappa shape index (κ3) is 3.27. The van der Waals surface area contributed by atoms with Crippen LogP contribution in [-0.4, -0.2) is 33.2 Å². The lowest BCUT2D eigenvalue weighted by molar-refractivity contribution is -0.150. The van der Waals surface area contributed by atoms with E-state index in [-0.39, 0.29) is 24.3 Å². The number of hydrogen-bond acceptors (Lipinski definition) is 5. The Hall–Kier alpha value is -1.98. The predicted molar refractivity (Wildman–Crippen MR) is 70.2 cm³/mol. The van der Waals surface area contributed by atoms with Gasteiger partial charge in [0.1, 0.15) is 5.82 Å². The highest BCUT2D eigenvalue weighted by Gasteiger charge is 2.30. The summed E-state index contributed by atoms with van der Waals surface area (Å²) in [5, 5.41) is 3.04. The van der Waals surface area contributed by atoms with Crippen molar-refractivity contribution in [2.75, 3.05) is 11.9 Å². The Morgan fingerprint density at radius 1 is 1.26 bits per heavy atom. The number of nitrogens with zero attached hydrogens (tertiary/aromatic N) is 3. The smallest absolute Gasteiger partial charge is 0.229 e. The fourth-order valence-electron chi connectivity index (χ4n) is 2.08. The Morgan fingerprint density at radius 3 is 2.47 bits per heavy atom. The molecule has 2 rings (SSSR count). The van der Waals surface area contributed by atoms with Crippen molar-refractivity contribution < 1.29 is 9.59 Å². The van der Waals surface area contributed by atoms with E-state index in [0.717, 1.165) is 6.54 Å². The average Bonchev–Trinajstić information content (AvgIpc) is 2.36. The molecule has 0 aliphatic carbocycles. The lowest BCUT2D eigenvalue weighted by Crippen LogP contribution is -2.42. The van der Waals surface area contributed by atoms with Crippen molar-refractivity contribution in [1.82, 2.24) is 14.9 Å². The molecule has 1 aromatic heterocycles. The number of nitrogens with one attached hydrogen (secondary N) is 1. The summed E-state index contributed by atoms with van der Waals surface area (Å²) in [5.41, 5.74) is 0.623. The Labute approximate surface area is 112 Å². The van der Waals surface area contributed by atoms with Crippen LogP contribution in [0.25, 0.3) is 0 Å². The number of rotatable bonds is 4. The van der Waals surface area contributed by atoms with Crippen LogP contribution in [0, 0.1) is 5.92 Å². The van der Waals surface area contributed by atoms with Gasteiger partial charge < -0.3 is 5.32 Å². The molecule has 0 spiro atoms. The highest BCUT2D eigenvalue weighted by molar-refractivity contribution is 5.97. The topological polar surface area (TPSA) is 75.2 Å². The number of likely N-dealkylation sites (tertiary alicyclic amines) is 1. The monoisotopic (exact) mass is 262 g/mol. The van der Waals surface area contributed by atoms with Crippen molar-refractivity contribution in [3.8, 4) is 0 Å².